The van der Waals surface area contributed by atoms with Gasteiger partial charge in [-0.25, -0.2) is 8.42 Å². The minimum atomic E-state index is -3.79. The Labute approximate surface area is 125 Å². The minimum absolute atomic E-state index is 0.0215. The van der Waals surface area contributed by atoms with Gasteiger partial charge in [0.05, 0.1) is 5.69 Å². The normalized spacial score (nSPS) is 11.3. The molecule has 20 heavy (non-hydrogen) atoms. The van der Waals surface area contributed by atoms with E-state index >= 15 is 0 Å². The maximum atomic E-state index is 12.2. The summed E-state index contributed by atoms with van der Waals surface area (Å²) in [7, 11) is -3.79. The van der Waals surface area contributed by atoms with E-state index in [1.807, 2.05) is 6.92 Å². The molecular formula is C13H13BrN2O3S. The van der Waals surface area contributed by atoms with Gasteiger partial charge in [0.2, 0.25) is 0 Å². The molecule has 0 aliphatic heterocycles. The molecule has 0 saturated heterocycles. The summed E-state index contributed by atoms with van der Waals surface area (Å²) in [5, 5.41) is 9.74. The predicted octanol–water partition coefficient (Wildman–Crippen LogP) is 2.91. The Kier molecular flexibility index (Phi) is 4.29. The van der Waals surface area contributed by atoms with Gasteiger partial charge in [-0.15, -0.1) is 0 Å². The molecule has 0 aliphatic rings. The number of phenolic OH excluding ortho intramolecular Hbond substituents is 1. The average molecular weight is 357 g/mol. The summed E-state index contributed by atoms with van der Waals surface area (Å²) >= 11 is 3.17. The number of benzene rings is 1. The third kappa shape index (κ3) is 3.29. The van der Waals surface area contributed by atoms with Crippen LogP contribution in [0.4, 0.5) is 5.69 Å². The zero-order valence-corrected chi connectivity index (χ0v) is 13.1. The first-order valence-corrected chi connectivity index (χ1v) is 8.15. The highest BCUT2D eigenvalue weighted by Gasteiger charge is 2.17. The van der Waals surface area contributed by atoms with Crippen LogP contribution in [-0.2, 0) is 16.4 Å². The summed E-state index contributed by atoms with van der Waals surface area (Å²) in [6, 6.07) is 6.26. The molecule has 5 nitrogen and oxygen atoms in total. The highest BCUT2D eigenvalue weighted by molar-refractivity contribution is 9.10. The molecule has 0 saturated carbocycles. The highest BCUT2D eigenvalue weighted by Crippen LogP contribution is 2.27. The molecular weight excluding hydrogens is 344 g/mol. The van der Waals surface area contributed by atoms with Crippen molar-refractivity contribution in [2.24, 2.45) is 0 Å². The number of rotatable bonds is 4. The molecule has 0 atom stereocenters. The molecule has 106 valence electrons. The second kappa shape index (κ2) is 5.80. The fraction of sp³-hybridized carbons (Fsp3) is 0.154. The number of aryl methyl sites for hydroxylation is 1. The second-order valence-electron chi connectivity index (χ2n) is 4.15. The smallest absolute Gasteiger partial charge is 0.263 e. The summed E-state index contributed by atoms with van der Waals surface area (Å²) in [6.07, 6.45) is 3.48. The molecule has 2 N–H and O–H groups in total. The molecule has 0 bridgehead atoms. The highest BCUT2D eigenvalue weighted by atomic mass is 79.9. The van der Waals surface area contributed by atoms with Gasteiger partial charge >= 0.3 is 0 Å². The fourth-order valence-electron chi connectivity index (χ4n) is 1.63. The number of hydrogen-bond donors (Lipinski definition) is 2. The van der Waals surface area contributed by atoms with Crippen LogP contribution in [0, 0.1) is 0 Å². The van der Waals surface area contributed by atoms with Crippen molar-refractivity contribution in [1.29, 1.82) is 0 Å². The third-order valence-electron chi connectivity index (χ3n) is 2.70. The molecule has 1 aromatic heterocycles. The predicted molar refractivity (Wildman–Crippen MR) is 80.2 cm³/mol. The number of aromatic nitrogens is 1. The zero-order valence-electron chi connectivity index (χ0n) is 10.7. The molecule has 0 unspecified atom stereocenters. The number of halogens is 1. The average Bonchev–Trinajstić information content (AvgIpc) is 2.41. The van der Waals surface area contributed by atoms with Gasteiger partial charge in [-0.1, -0.05) is 13.0 Å². The minimum Gasteiger partial charge on any atom is -0.506 e. The first kappa shape index (κ1) is 14.8. The van der Waals surface area contributed by atoms with E-state index < -0.39 is 10.0 Å². The standard InChI is InChI=1S/C13H13BrN2O3S/c1-2-9-3-4-13(17)12(5-9)16-20(18,19)11-6-10(14)7-15-8-11/h3-8,16-17H,2H2,1H3. The molecule has 0 aliphatic carbocycles. The van der Waals surface area contributed by atoms with Gasteiger partial charge in [-0.3, -0.25) is 9.71 Å². The largest absolute Gasteiger partial charge is 0.506 e. The van der Waals surface area contributed by atoms with Crippen molar-refractivity contribution >= 4 is 31.6 Å². The summed E-state index contributed by atoms with van der Waals surface area (Å²) in [4.78, 5) is 3.84. The van der Waals surface area contributed by atoms with Gasteiger partial charge in [0.25, 0.3) is 10.0 Å². The van der Waals surface area contributed by atoms with Crippen LogP contribution < -0.4 is 4.72 Å². The topological polar surface area (TPSA) is 79.3 Å². The molecule has 7 heteroatoms. The van der Waals surface area contributed by atoms with Crippen LogP contribution >= 0.6 is 15.9 Å². The van der Waals surface area contributed by atoms with Crippen molar-refractivity contribution in [3.8, 4) is 5.75 Å². The molecule has 1 heterocycles. The Bertz CT molecular complexity index is 732. The lowest BCUT2D eigenvalue weighted by molar-refractivity contribution is 0.477. The lowest BCUT2D eigenvalue weighted by atomic mass is 10.1. The maximum absolute atomic E-state index is 12.2. The first-order valence-electron chi connectivity index (χ1n) is 5.87. The quantitative estimate of drug-likeness (QED) is 0.825. The van der Waals surface area contributed by atoms with E-state index in [-0.39, 0.29) is 16.3 Å². The lowest BCUT2D eigenvalue weighted by Crippen LogP contribution is -2.13. The van der Waals surface area contributed by atoms with Crippen molar-refractivity contribution in [1.82, 2.24) is 4.98 Å². The number of pyridine rings is 1. The van der Waals surface area contributed by atoms with Crippen LogP contribution in [-0.4, -0.2) is 18.5 Å². The van der Waals surface area contributed by atoms with E-state index in [0.29, 0.717) is 4.47 Å². The number of nitrogens with zero attached hydrogens (tertiary/aromatic N) is 1. The fourth-order valence-corrected chi connectivity index (χ4v) is 3.20. The SMILES string of the molecule is CCc1ccc(O)c(NS(=O)(=O)c2cncc(Br)c2)c1. The van der Waals surface area contributed by atoms with Crippen LogP contribution in [0.5, 0.6) is 5.75 Å². The van der Waals surface area contributed by atoms with Gasteiger partial charge < -0.3 is 5.11 Å². The van der Waals surface area contributed by atoms with Crippen LogP contribution in [0.3, 0.4) is 0 Å². The number of aromatic hydroxyl groups is 1. The zero-order chi connectivity index (χ0) is 14.8. The van der Waals surface area contributed by atoms with Crippen molar-refractivity contribution in [2.45, 2.75) is 18.2 Å². The Balaban J connectivity index is 2.38. The van der Waals surface area contributed by atoms with Gasteiger partial charge in [0.15, 0.2) is 0 Å². The molecule has 1 aromatic carbocycles. The Morgan fingerprint density at radius 1 is 1.30 bits per heavy atom. The summed E-state index contributed by atoms with van der Waals surface area (Å²) in [5.74, 6) is -0.117. The van der Waals surface area contributed by atoms with E-state index in [0.717, 1.165) is 12.0 Å². The molecule has 0 spiro atoms. The van der Waals surface area contributed by atoms with E-state index in [9.17, 15) is 13.5 Å². The van der Waals surface area contributed by atoms with E-state index in [1.54, 1.807) is 12.1 Å². The van der Waals surface area contributed by atoms with Crippen molar-refractivity contribution in [2.75, 3.05) is 4.72 Å². The first-order chi connectivity index (χ1) is 9.42. The summed E-state index contributed by atoms with van der Waals surface area (Å²) in [6.45, 7) is 1.95. The number of anilines is 1. The third-order valence-corrected chi connectivity index (χ3v) is 4.47. The summed E-state index contributed by atoms with van der Waals surface area (Å²) < 4.78 is 27.4. The Morgan fingerprint density at radius 2 is 2.05 bits per heavy atom. The molecule has 0 amide bonds. The molecule has 0 fully saturated rings. The van der Waals surface area contributed by atoms with Crippen LogP contribution in [0.1, 0.15) is 12.5 Å². The van der Waals surface area contributed by atoms with Crippen LogP contribution in [0.25, 0.3) is 0 Å². The second-order valence-corrected chi connectivity index (χ2v) is 6.75. The van der Waals surface area contributed by atoms with Crippen LogP contribution in [0.15, 0.2) is 46.0 Å². The van der Waals surface area contributed by atoms with Gasteiger partial charge in [0.1, 0.15) is 10.6 Å². The maximum Gasteiger partial charge on any atom is 0.263 e. The molecule has 2 rings (SSSR count). The Morgan fingerprint density at radius 3 is 2.70 bits per heavy atom. The number of sulfonamides is 1. The van der Waals surface area contributed by atoms with Gasteiger partial charge in [-0.2, -0.15) is 0 Å². The van der Waals surface area contributed by atoms with E-state index in [2.05, 4.69) is 25.6 Å². The van der Waals surface area contributed by atoms with Gasteiger partial charge in [-0.05, 0) is 46.1 Å². The number of hydrogen-bond acceptors (Lipinski definition) is 4. The number of nitrogens with one attached hydrogen (secondary N) is 1. The van der Waals surface area contributed by atoms with E-state index in [4.69, 9.17) is 0 Å². The van der Waals surface area contributed by atoms with Crippen molar-refractivity contribution < 1.29 is 13.5 Å². The van der Waals surface area contributed by atoms with Crippen LogP contribution in [0.2, 0.25) is 0 Å². The van der Waals surface area contributed by atoms with Crippen molar-refractivity contribution in [3.05, 3.63) is 46.7 Å². The van der Waals surface area contributed by atoms with Crippen molar-refractivity contribution in [3.63, 3.8) is 0 Å². The van der Waals surface area contributed by atoms with E-state index in [1.165, 1.54) is 24.5 Å². The molecule has 0 radical (unpaired) electrons. The summed E-state index contributed by atoms with van der Waals surface area (Å²) in [5.41, 5.74) is 1.08. The van der Waals surface area contributed by atoms with Gasteiger partial charge in [0, 0.05) is 16.9 Å². The number of phenols is 1. The Hall–Kier alpha value is -1.60. The molecule has 2 aromatic rings. The lowest BCUT2D eigenvalue weighted by Gasteiger charge is -2.10. The monoisotopic (exact) mass is 356 g/mol.